The van der Waals surface area contributed by atoms with Gasteiger partial charge in [-0.05, 0) is 31.2 Å². The molecule has 9 heteroatoms. The van der Waals surface area contributed by atoms with Crippen LogP contribution < -0.4 is 10.9 Å². The minimum absolute atomic E-state index is 0.0943. The van der Waals surface area contributed by atoms with Crippen LogP contribution >= 0.6 is 11.6 Å². The summed E-state index contributed by atoms with van der Waals surface area (Å²) in [6, 6.07) is 8.68. The number of ether oxygens (including phenoxy) is 1. The number of anilines is 1. The zero-order valence-electron chi connectivity index (χ0n) is 13.3. The fourth-order valence-electron chi connectivity index (χ4n) is 1.81. The highest BCUT2D eigenvalue weighted by molar-refractivity contribution is 6.32. The van der Waals surface area contributed by atoms with Crippen LogP contribution in [-0.4, -0.2) is 27.8 Å². The Kier molecular flexibility index (Phi) is 5.52. The van der Waals surface area contributed by atoms with Crippen molar-refractivity contribution in [1.29, 1.82) is 5.26 Å². The number of hydrogen-bond donors (Lipinski definition) is 1. The Morgan fingerprint density at radius 3 is 2.68 bits per heavy atom. The summed E-state index contributed by atoms with van der Waals surface area (Å²) in [7, 11) is 1.39. The second-order valence-electron chi connectivity index (χ2n) is 5.02. The van der Waals surface area contributed by atoms with Gasteiger partial charge in [0.05, 0.1) is 10.6 Å². The molecule has 1 heterocycles. The molecule has 1 aromatic carbocycles. The fraction of sp³-hybridized carbons (Fsp3) is 0.188. The molecule has 0 bridgehead atoms. The lowest BCUT2D eigenvalue weighted by molar-refractivity contribution is -0.123. The van der Waals surface area contributed by atoms with Crippen LogP contribution in [0.1, 0.15) is 23.0 Å². The van der Waals surface area contributed by atoms with Gasteiger partial charge in [0.1, 0.15) is 6.07 Å². The van der Waals surface area contributed by atoms with Crippen LogP contribution in [-0.2, 0) is 16.6 Å². The monoisotopic (exact) mass is 360 g/mol. The molecule has 8 nitrogen and oxygen atoms in total. The van der Waals surface area contributed by atoms with Crippen molar-refractivity contribution < 1.29 is 14.3 Å². The molecule has 1 N–H and O–H groups in total. The van der Waals surface area contributed by atoms with Gasteiger partial charge in [-0.25, -0.2) is 9.48 Å². The number of aromatic nitrogens is 2. The van der Waals surface area contributed by atoms with Crippen LogP contribution in [0.2, 0.25) is 5.02 Å². The smallest absolute Gasteiger partial charge is 0.359 e. The number of carbonyl (C=O) groups excluding carboxylic acids is 2. The van der Waals surface area contributed by atoms with Gasteiger partial charge in [-0.3, -0.25) is 9.59 Å². The van der Waals surface area contributed by atoms with Crippen LogP contribution in [0.25, 0.3) is 0 Å². The van der Waals surface area contributed by atoms with Crippen LogP contribution in [0.15, 0.2) is 35.1 Å². The Balaban J connectivity index is 2.03. The molecule has 0 aliphatic rings. The molecule has 0 radical (unpaired) electrons. The van der Waals surface area contributed by atoms with E-state index in [-0.39, 0.29) is 21.8 Å². The zero-order chi connectivity index (χ0) is 18.6. The van der Waals surface area contributed by atoms with Crippen molar-refractivity contribution in [2.45, 2.75) is 13.0 Å². The van der Waals surface area contributed by atoms with Crippen LogP contribution in [0.3, 0.4) is 0 Å². The molecule has 128 valence electrons. The summed E-state index contributed by atoms with van der Waals surface area (Å²) in [4.78, 5) is 35.3. The molecular weight excluding hydrogens is 348 g/mol. The van der Waals surface area contributed by atoms with Gasteiger partial charge < -0.3 is 10.1 Å². The Hall–Kier alpha value is -3.18. The van der Waals surface area contributed by atoms with Crippen molar-refractivity contribution >= 4 is 29.2 Å². The summed E-state index contributed by atoms with van der Waals surface area (Å²) in [5.41, 5.74) is 0.167. The van der Waals surface area contributed by atoms with Gasteiger partial charge in [-0.2, -0.15) is 10.4 Å². The minimum Gasteiger partial charge on any atom is -0.448 e. The predicted octanol–water partition coefficient (Wildman–Crippen LogP) is 1.49. The van der Waals surface area contributed by atoms with Gasteiger partial charge in [0, 0.05) is 18.8 Å². The normalized spacial score (nSPS) is 11.3. The molecular formula is C16H13ClN4O4. The van der Waals surface area contributed by atoms with E-state index in [2.05, 4.69) is 10.4 Å². The highest BCUT2D eigenvalue weighted by Crippen LogP contribution is 2.20. The van der Waals surface area contributed by atoms with Crippen molar-refractivity contribution in [2.24, 2.45) is 7.05 Å². The lowest BCUT2D eigenvalue weighted by atomic mass is 10.2. The number of nitrogens with one attached hydrogen (secondary N) is 1. The molecule has 25 heavy (non-hydrogen) atoms. The SMILES string of the molecule is CC(OC(=O)c1ccc(=O)n(C)n1)C(=O)Nc1ccc(C#N)c(Cl)c1. The van der Waals surface area contributed by atoms with Crippen molar-refractivity contribution in [3.63, 3.8) is 0 Å². The zero-order valence-corrected chi connectivity index (χ0v) is 14.1. The number of rotatable bonds is 4. The van der Waals surface area contributed by atoms with Gasteiger partial charge >= 0.3 is 5.97 Å². The van der Waals surface area contributed by atoms with Gasteiger partial charge in [-0.1, -0.05) is 11.6 Å². The third kappa shape index (κ3) is 4.43. The Morgan fingerprint density at radius 1 is 1.36 bits per heavy atom. The van der Waals surface area contributed by atoms with E-state index in [4.69, 9.17) is 21.6 Å². The van der Waals surface area contributed by atoms with Gasteiger partial charge in [-0.15, -0.1) is 0 Å². The van der Waals surface area contributed by atoms with E-state index < -0.39 is 18.0 Å². The Bertz CT molecular complexity index is 932. The first-order valence-electron chi connectivity index (χ1n) is 7.07. The Morgan fingerprint density at radius 2 is 2.08 bits per heavy atom. The van der Waals surface area contributed by atoms with E-state index in [0.29, 0.717) is 5.69 Å². The molecule has 2 rings (SSSR count). The number of esters is 1. The molecule has 0 aliphatic heterocycles. The van der Waals surface area contributed by atoms with E-state index in [9.17, 15) is 14.4 Å². The first-order valence-corrected chi connectivity index (χ1v) is 7.45. The van der Waals surface area contributed by atoms with Crippen molar-refractivity contribution in [2.75, 3.05) is 5.32 Å². The minimum atomic E-state index is -1.11. The number of aryl methyl sites for hydroxylation is 1. The molecule has 0 aliphatic carbocycles. The van der Waals surface area contributed by atoms with Gasteiger partial charge in [0.2, 0.25) is 0 Å². The number of hydrogen-bond acceptors (Lipinski definition) is 6. The maximum atomic E-state index is 12.1. The largest absolute Gasteiger partial charge is 0.448 e. The summed E-state index contributed by atoms with van der Waals surface area (Å²) < 4.78 is 6.01. The summed E-state index contributed by atoms with van der Waals surface area (Å²) >= 11 is 5.89. The van der Waals surface area contributed by atoms with Crippen molar-refractivity contribution in [3.05, 3.63) is 57.0 Å². The van der Waals surface area contributed by atoms with Gasteiger partial charge in [0.15, 0.2) is 11.8 Å². The molecule has 0 saturated heterocycles. The fourth-order valence-corrected chi connectivity index (χ4v) is 2.04. The number of halogens is 1. The lowest BCUT2D eigenvalue weighted by Gasteiger charge is -2.13. The van der Waals surface area contributed by atoms with E-state index in [1.165, 1.54) is 44.3 Å². The number of nitriles is 1. The number of nitrogens with zero attached hydrogens (tertiary/aromatic N) is 3. The molecule has 2 aromatic rings. The molecule has 0 fully saturated rings. The number of carbonyl (C=O) groups is 2. The van der Waals surface area contributed by atoms with Crippen LogP contribution in [0, 0.1) is 11.3 Å². The summed E-state index contributed by atoms with van der Waals surface area (Å²) in [6.07, 6.45) is -1.11. The topological polar surface area (TPSA) is 114 Å². The second kappa shape index (κ2) is 7.59. The number of benzene rings is 1. The van der Waals surface area contributed by atoms with Crippen molar-refractivity contribution in [1.82, 2.24) is 9.78 Å². The Labute approximate surface area is 147 Å². The lowest BCUT2D eigenvalue weighted by Crippen LogP contribution is -2.31. The van der Waals surface area contributed by atoms with Crippen molar-refractivity contribution in [3.8, 4) is 6.07 Å². The highest BCUT2D eigenvalue weighted by Gasteiger charge is 2.20. The van der Waals surface area contributed by atoms with E-state index in [1.54, 1.807) is 0 Å². The quantitative estimate of drug-likeness (QED) is 0.826. The molecule has 0 spiro atoms. The molecule has 1 unspecified atom stereocenters. The summed E-state index contributed by atoms with van der Waals surface area (Å²) in [5, 5.41) is 15.3. The van der Waals surface area contributed by atoms with E-state index in [0.717, 1.165) is 4.68 Å². The molecule has 1 amide bonds. The first-order chi connectivity index (χ1) is 11.8. The average molecular weight is 361 g/mol. The van der Waals surface area contributed by atoms with Gasteiger partial charge in [0.25, 0.3) is 11.5 Å². The third-order valence-electron chi connectivity index (χ3n) is 3.18. The molecule has 1 atom stereocenters. The van der Waals surface area contributed by atoms with Crippen LogP contribution in [0.4, 0.5) is 5.69 Å². The third-order valence-corrected chi connectivity index (χ3v) is 3.49. The molecule has 0 saturated carbocycles. The first kappa shape index (κ1) is 18.2. The number of amides is 1. The average Bonchev–Trinajstić information content (AvgIpc) is 2.57. The predicted molar refractivity (Wildman–Crippen MR) is 89.2 cm³/mol. The van der Waals surface area contributed by atoms with Crippen LogP contribution in [0.5, 0.6) is 0 Å². The van der Waals surface area contributed by atoms with E-state index >= 15 is 0 Å². The summed E-state index contributed by atoms with van der Waals surface area (Å²) in [6.45, 7) is 1.39. The summed E-state index contributed by atoms with van der Waals surface area (Å²) in [5.74, 6) is -1.42. The highest BCUT2D eigenvalue weighted by atomic mass is 35.5. The standard InChI is InChI=1S/C16H13ClN4O4/c1-9(25-16(24)13-5-6-14(22)21(2)20-13)15(23)19-11-4-3-10(8-18)12(17)7-11/h3-7,9H,1-2H3,(H,19,23). The second-order valence-corrected chi connectivity index (χ2v) is 5.43. The maximum Gasteiger partial charge on any atom is 0.359 e. The molecule has 1 aromatic heterocycles. The maximum absolute atomic E-state index is 12.1. The van der Waals surface area contributed by atoms with E-state index in [1.807, 2.05) is 6.07 Å².